The SMILES string of the molecule is CC(C)Oc1ccccc1NCc1ccccc1. The molecule has 0 bridgehead atoms. The van der Waals surface area contributed by atoms with E-state index in [0.717, 1.165) is 18.0 Å². The highest BCUT2D eigenvalue weighted by Crippen LogP contribution is 2.25. The number of benzene rings is 2. The Kier molecular flexibility index (Phi) is 4.24. The summed E-state index contributed by atoms with van der Waals surface area (Å²) in [5.74, 6) is 0.906. The first-order valence-electron chi connectivity index (χ1n) is 6.29. The minimum Gasteiger partial charge on any atom is -0.489 e. The maximum Gasteiger partial charge on any atom is 0.142 e. The summed E-state index contributed by atoms with van der Waals surface area (Å²) in [6.45, 7) is 4.88. The first-order valence-corrected chi connectivity index (χ1v) is 6.29. The maximum atomic E-state index is 5.77. The third kappa shape index (κ3) is 3.52. The number of hydrogen-bond donors (Lipinski definition) is 1. The van der Waals surface area contributed by atoms with Crippen molar-refractivity contribution in [3.63, 3.8) is 0 Å². The second-order valence-corrected chi connectivity index (χ2v) is 4.50. The van der Waals surface area contributed by atoms with Gasteiger partial charge in [0.25, 0.3) is 0 Å². The topological polar surface area (TPSA) is 21.3 Å². The van der Waals surface area contributed by atoms with Gasteiger partial charge in [-0.05, 0) is 31.5 Å². The molecule has 0 saturated carbocycles. The van der Waals surface area contributed by atoms with E-state index >= 15 is 0 Å². The summed E-state index contributed by atoms with van der Waals surface area (Å²) >= 11 is 0. The lowest BCUT2D eigenvalue weighted by molar-refractivity contribution is 0.243. The molecular weight excluding hydrogens is 222 g/mol. The lowest BCUT2D eigenvalue weighted by atomic mass is 10.2. The van der Waals surface area contributed by atoms with Crippen LogP contribution in [0, 0.1) is 0 Å². The lowest BCUT2D eigenvalue weighted by Crippen LogP contribution is -2.08. The van der Waals surface area contributed by atoms with Gasteiger partial charge in [0.15, 0.2) is 0 Å². The summed E-state index contributed by atoms with van der Waals surface area (Å²) in [6, 6.07) is 18.4. The Morgan fingerprint density at radius 2 is 1.61 bits per heavy atom. The van der Waals surface area contributed by atoms with Crippen LogP contribution in [0.4, 0.5) is 5.69 Å². The Morgan fingerprint density at radius 1 is 0.944 bits per heavy atom. The molecule has 2 aromatic carbocycles. The van der Waals surface area contributed by atoms with Crippen molar-refractivity contribution in [2.45, 2.75) is 26.5 Å². The van der Waals surface area contributed by atoms with Crippen LogP contribution < -0.4 is 10.1 Å². The van der Waals surface area contributed by atoms with Crippen molar-refractivity contribution in [3.8, 4) is 5.75 Å². The van der Waals surface area contributed by atoms with E-state index in [0.29, 0.717) is 0 Å². The molecule has 0 unspecified atom stereocenters. The van der Waals surface area contributed by atoms with Crippen molar-refractivity contribution in [2.24, 2.45) is 0 Å². The van der Waals surface area contributed by atoms with Gasteiger partial charge in [-0.15, -0.1) is 0 Å². The Balaban J connectivity index is 2.05. The molecule has 2 nitrogen and oxygen atoms in total. The standard InChI is InChI=1S/C16H19NO/c1-13(2)18-16-11-7-6-10-15(16)17-12-14-8-4-3-5-9-14/h3-11,13,17H,12H2,1-2H3. The second kappa shape index (κ2) is 6.10. The molecule has 0 atom stereocenters. The van der Waals surface area contributed by atoms with Crippen molar-refractivity contribution >= 4 is 5.69 Å². The molecule has 1 N–H and O–H groups in total. The third-order valence-electron chi connectivity index (χ3n) is 2.58. The van der Waals surface area contributed by atoms with Crippen molar-refractivity contribution < 1.29 is 4.74 Å². The molecule has 0 aliphatic rings. The zero-order chi connectivity index (χ0) is 12.8. The van der Waals surface area contributed by atoms with Gasteiger partial charge in [-0.1, -0.05) is 42.5 Å². The van der Waals surface area contributed by atoms with Gasteiger partial charge in [0.2, 0.25) is 0 Å². The fourth-order valence-electron chi connectivity index (χ4n) is 1.76. The van der Waals surface area contributed by atoms with Crippen LogP contribution in [0.25, 0.3) is 0 Å². The third-order valence-corrected chi connectivity index (χ3v) is 2.58. The van der Waals surface area contributed by atoms with Crippen molar-refractivity contribution in [2.75, 3.05) is 5.32 Å². The quantitative estimate of drug-likeness (QED) is 0.851. The van der Waals surface area contributed by atoms with Gasteiger partial charge in [-0.25, -0.2) is 0 Å². The molecule has 0 spiro atoms. The molecule has 0 aromatic heterocycles. The van der Waals surface area contributed by atoms with Crippen LogP contribution in [0.2, 0.25) is 0 Å². The predicted octanol–water partition coefficient (Wildman–Crippen LogP) is 4.09. The van der Waals surface area contributed by atoms with E-state index in [-0.39, 0.29) is 6.10 Å². The minimum absolute atomic E-state index is 0.185. The molecule has 2 heteroatoms. The van der Waals surface area contributed by atoms with Gasteiger partial charge in [0.05, 0.1) is 11.8 Å². The molecule has 0 aliphatic carbocycles. The van der Waals surface area contributed by atoms with Crippen LogP contribution >= 0.6 is 0 Å². The fraction of sp³-hybridized carbons (Fsp3) is 0.250. The molecule has 0 radical (unpaired) electrons. The molecule has 2 aromatic rings. The fourth-order valence-corrected chi connectivity index (χ4v) is 1.76. The number of rotatable bonds is 5. The molecule has 18 heavy (non-hydrogen) atoms. The maximum absolute atomic E-state index is 5.77. The van der Waals surface area contributed by atoms with Crippen LogP contribution in [0.15, 0.2) is 54.6 Å². The van der Waals surface area contributed by atoms with Crippen LogP contribution in [-0.4, -0.2) is 6.10 Å². The van der Waals surface area contributed by atoms with Crippen LogP contribution in [-0.2, 0) is 6.54 Å². The zero-order valence-corrected chi connectivity index (χ0v) is 10.9. The van der Waals surface area contributed by atoms with Gasteiger partial charge in [-0.2, -0.15) is 0 Å². The van der Waals surface area contributed by atoms with Crippen LogP contribution in [0.1, 0.15) is 19.4 Å². The summed E-state index contributed by atoms with van der Waals surface area (Å²) < 4.78 is 5.77. The summed E-state index contributed by atoms with van der Waals surface area (Å²) in [5, 5.41) is 3.41. The highest BCUT2D eigenvalue weighted by atomic mass is 16.5. The van der Waals surface area contributed by atoms with Gasteiger partial charge in [0.1, 0.15) is 5.75 Å². The molecule has 0 amide bonds. The molecular formula is C16H19NO. The summed E-state index contributed by atoms with van der Waals surface area (Å²) in [4.78, 5) is 0. The normalized spacial score (nSPS) is 10.4. The number of hydrogen-bond acceptors (Lipinski definition) is 2. The van der Waals surface area contributed by atoms with Gasteiger partial charge in [0, 0.05) is 6.54 Å². The van der Waals surface area contributed by atoms with Gasteiger partial charge in [-0.3, -0.25) is 0 Å². The van der Waals surface area contributed by atoms with E-state index < -0.39 is 0 Å². The molecule has 2 rings (SSSR count). The van der Waals surface area contributed by atoms with Gasteiger partial charge >= 0.3 is 0 Å². The Morgan fingerprint density at radius 3 is 2.33 bits per heavy atom. The Bertz CT molecular complexity index is 479. The first kappa shape index (κ1) is 12.5. The van der Waals surface area contributed by atoms with Crippen LogP contribution in [0.3, 0.4) is 0 Å². The summed E-state index contributed by atoms with van der Waals surface area (Å²) in [7, 11) is 0. The highest BCUT2D eigenvalue weighted by Gasteiger charge is 2.04. The average Bonchev–Trinajstić information content (AvgIpc) is 2.38. The minimum atomic E-state index is 0.185. The number of anilines is 1. The van der Waals surface area contributed by atoms with E-state index in [1.165, 1.54) is 5.56 Å². The lowest BCUT2D eigenvalue weighted by Gasteiger charge is -2.15. The molecule has 94 valence electrons. The molecule has 0 saturated heterocycles. The molecule has 0 fully saturated rings. The highest BCUT2D eigenvalue weighted by molar-refractivity contribution is 5.56. The monoisotopic (exact) mass is 241 g/mol. The Hall–Kier alpha value is -1.96. The largest absolute Gasteiger partial charge is 0.489 e. The van der Waals surface area contributed by atoms with E-state index in [1.54, 1.807) is 0 Å². The summed E-state index contributed by atoms with van der Waals surface area (Å²) in [6.07, 6.45) is 0.185. The number of para-hydroxylation sites is 2. The molecule has 0 heterocycles. The van der Waals surface area contributed by atoms with Crippen molar-refractivity contribution in [3.05, 3.63) is 60.2 Å². The first-order chi connectivity index (χ1) is 8.75. The smallest absolute Gasteiger partial charge is 0.142 e. The van der Waals surface area contributed by atoms with Gasteiger partial charge < -0.3 is 10.1 Å². The predicted molar refractivity (Wildman–Crippen MR) is 76.0 cm³/mol. The second-order valence-electron chi connectivity index (χ2n) is 4.50. The van der Waals surface area contributed by atoms with E-state index in [9.17, 15) is 0 Å². The average molecular weight is 241 g/mol. The van der Waals surface area contributed by atoms with Crippen LogP contribution in [0.5, 0.6) is 5.75 Å². The zero-order valence-electron chi connectivity index (χ0n) is 10.9. The molecule has 0 aliphatic heterocycles. The Labute approximate surface area is 109 Å². The van der Waals surface area contributed by atoms with Crippen molar-refractivity contribution in [1.82, 2.24) is 0 Å². The van der Waals surface area contributed by atoms with E-state index in [4.69, 9.17) is 4.74 Å². The number of ether oxygens (including phenoxy) is 1. The number of nitrogens with one attached hydrogen (secondary N) is 1. The van der Waals surface area contributed by atoms with Crippen molar-refractivity contribution in [1.29, 1.82) is 0 Å². The van der Waals surface area contributed by atoms with E-state index in [1.807, 2.05) is 56.3 Å². The summed E-state index contributed by atoms with van der Waals surface area (Å²) in [5.41, 5.74) is 2.30. The van der Waals surface area contributed by atoms with E-state index in [2.05, 4.69) is 17.4 Å².